The van der Waals surface area contributed by atoms with Crippen LogP contribution in [0.25, 0.3) is 10.9 Å². The van der Waals surface area contributed by atoms with Crippen LogP contribution in [0.4, 0.5) is 0 Å². The standard InChI is InChI=1S/C16H23N3/c1-12(13-7-3-4-8-13)17-11-15-14-9-5-6-10-16(14)19(2)18-15/h5-6,9-10,12-13,17H,3-4,7-8,11H2,1-2H3. The number of hydrogen-bond donors (Lipinski definition) is 1. The molecule has 1 aromatic heterocycles. The predicted octanol–water partition coefficient (Wildman–Crippen LogP) is 3.24. The molecule has 1 aliphatic carbocycles. The van der Waals surface area contributed by atoms with E-state index in [0.717, 1.165) is 12.5 Å². The van der Waals surface area contributed by atoms with Gasteiger partial charge in [0.15, 0.2) is 0 Å². The van der Waals surface area contributed by atoms with E-state index in [1.54, 1.807) is 0 Å². The molecule has 0 spiro atoms. The van der Waals surface area contributed by atoms with Gasteiger partial charge < -0.3 is 5.32 Å². The molecule has 19 heavy (non-hydrogen) atoms. The van der Waals surface area contributed by atoms with Gasteiger partial charge in [-0.25, -0.2) is 0 Å². The van der Waals surface area contributed by atoms with Crippen LogP contribution in [0.5, 0.6) is 0 Å². The summed E-state index contributed by atoms with van der Waals surface area (Å²) in [6.45, 7) is 3.19. The molecule has 0 radical (unpaired) electrons. The summed E-state index contributed by atoms with van der Waals surface area (Å²) >= 11 is 0. The topological polar surface area (TPSA) is 29.9 Å². The SMILES string of the molecule is CC(NCc1nn(C)c2ccccc12)C1CCCC1. The van der Waals surface area contributed by atoms with Gasteiger partial charge in [-0.2, -0.15) is 5.10 Å². The minimum Gasteiger partial charge on any atom is -0.308 e. The highest BCUT2D eigenvalue weighted by Crippen LogP contribution is 2.27. The number of nitrogens with one attached hydrogen (secondary N) is 1. The van der Waals surface area contributed by atoms with E-state index in [2.05, 4.69) is 41.6 Å². The lowest BCUT2D eigenvalue weighted by Crippen LogP contribution is -2.31. The molecule has 1 heterocycles. The van der Waals surface area contributed by atoms with Gasteiger partial charge in [0, 0.05) is 25.0 Å². The van der Waals surface area contributed by atoms with Crippen molar-refractivity contribution in [3.8, 4) is 0 Å². The number of nitrogens with zero attached hydrogens (tertiary/aromatic N) is 2. The first-order valence-electron chi connectivity index (χ1n) is 7.39. The van der Waals surface area contributed by atoms with Crippen molar-refractivity contribution in [2.24, 2.45) is 13.0 Å². The zero-order chi connectivity index (χ0) is 13.2. The molecule has 1 N–H and O–H groups in total. The average molecular weight is 257 g/mol. The van der Waals surface area contributed by atoms with E-state index in [-0.39, 0.29) is 0 Å². The Morgan fingerprint density at radius 1 is 1.32 bits per heavy atom. The number of para-hydroxylation sites is 1. The molecule has 3 nitrogen and oxygen atoms in total. The molecule has 1 unspecified atom stereocenters. The maximum absolute atomic E-state index is 4.64. The van der Waals surface area contributed by atoms with E-state index in [9.17, 15) is 0 Å². The van der Waals surface area contributed by atoms with Gasteiger partial charge >= 0.3 is 0 Å². The van der Waals surface area contributed by atoms with E-state index in [1.165, 1.54) is 42.3 Å². The van der Waals surface area contributed by atoms with Crippen LogP contribution >= 0.6 is 0 Å². The highest BCUT2D eigenvalue weighted by Gasteiger charge is 2.21. The number of benzene rings is 1. The van der Waals surface area contributed by atoms with Crippen molar-refractivity contribution in [2.75, 3.05) is 0 Å². The summed E-state index contributed by atoms with van der Waals surface area (Å²) in [6.07, 6.45) is 5.58. The zero-order valence-corrected chi connectivity index (χ0v) is 11.9. The van der Waals surface area contributed by atoms with Crippen molar-refractivity contribution in [1.82, 2.24) is 15.1 Å². The van der Waals surface area contributed by atoms with E-state index in [0.29, 0.717) is 6.04 Å². The van der Waals surface area contributed by atoms with Crippen LogP contribution < -0.4 is 5.32 Å². The molecule has 0 aliphatic heterocycles. The van der Waals surface area contributed by atoms with Crippen LogP contribution in [0, 0.1) is 5.92 Å². The Morgan fingerprint density at radius 2 is 2.05 bits per heavy atom. The third-order valence-corrected chi connectivity index (χ3v) is 4.53. The molecule has 0 saturated heterocycles. The largest absolute Gasteiger partial charge is 0.308 e. The van der Waals surface area contributed by atoms with Crippen molar-refractivity contribution in [3.05, 3.63) is 30.0 Å². The molecular weight excluding hydrogens is 234 g/mol. The number of fused-ring (bicyclic) bond motifs is 1. The Bertz CT molecular complexity index is 552. The fourth-order valence-corrected chi connectivity index (χ4v) is 3.30. The van der Waals surface area contributed by atoms with Crippen molar-refractivity contribution in [1.29, 1.82) is 0 Å². The number of hydrogen-bond acceptors (Lipinski definition) is 2. The lowest BCUT2D eigenvalue weighted by atomic mass is 10.00. The van der Waals surface area contributed by atoms with Crippen molar-refractivity contribution < 1.29 is 0 Å². The zero-order valence-electron chi connectivity index (χ0n) is 11.9. The Hall–Kier alpha value is -1.35. The van der Waals surface area contributed by atoms with Gasteiger partial charge in [-0.05, 0) is 31.7 Å². The minimum atomic E-state index is 0.600. The molecule has 102 valence electrons. The summed E-state index contributed by atoms with van der Waals surface area (Å²) in [4.78, 5) is 0. The minimum absolute atomic E-state index is 0.600. The van der Waals surface area contributed by atoms with Crippen molar-refractivity contribution in [3.63, 3.8) is 0 Å². The normalized spacial score (nSPS) is 18.2. The molecule has 1 atom stereocenters. The molecule has 1 aromatic carbocycles. The van der Waals surface area contributed by atoms with Crippen LogP contribution in [0.2, 0.25) is 0 Å². The molecule has 2 aromatic rings. The number of rotatable bonds is 4. The van der Waals surface area contributed by atoms with Crippen LogP contribution in [0.1, 0.15) is 38.3 Å². The monoisotopic (exact) mass is 257 g/mol. The van der Waals surface area contributed by atoms with Crippen LogP contribution in [-0.2, 0) is 13.6 Å². The second kappa shape index (κ2) is 5.33. The molecule has 1 aliphatic rings. The van der Waals surface area contributed by atoms with Gasteiger partial charge in [0.1, 0.15) is 0 Å². The third-order valence-electron chi connectivity index (χ3n) is 4.53. The smallest absolute Gasteiger partial charge is 0.0841 e. The summed E-state index contributed by atoms with van der Waals surface area (Å²) in [5.74, 6) is 0.856. The van der Waals surface area contributed by atoms with E-state index in [1.807, 2.05) is 11.7 Å². The van der Waals surface area contributed by atoms with Gasteiger partial charge in [-0.1, -0.05) is 31.0 Å². The van der Waals surface area contributed by atoms with Gasteiger partial charge in [0.05, 0.1) is 11.2 Å². The van der Waals surface area contributed by atoms with Gasteiger partial charge in [-0.3, -0.25) is 4.68 Å². The fourth-order valence-electron chi connectivity index (χ4n) is 3.30. The molecular formula is C16H23N3. The lowest BCUT2D eigenvalue weighted by molar-refractivity contribution is 0.379. The van der Waals surface area contributed by atoms with Crippen LogP contribution in [0.3, 0.4) is 0 Å². The second-order valence-corrected chi connectivity index (χ2v) is 5.80. The first kappa shape index (κ1) is 12.7. The Balaban J connectivity index is 1.71. The fraction of sp³-hybridized carbons (Fsp3) is 0.562. The van der Waals surface area contributed by atoms with Crippen molar-refractivity contribution >= 4 is 10.9 Å². The van der Waals surface area contributed by atoms with Crippen molar-refractivity contribution in [2.45, 2.75) is 45.2 Å². The Morgan fingerprint density at radius 3 is 2.84 bits per heavy atom. The van der Waals surface area contributed by atoms with Gasteiger partial charge in [0.2, 0.25) is 0 Å². The number of aromatic nitrogens is 2. The second-order valence-electron chi connectivity index (χ2n) is 5.80. The summed E-state index contributed by atoms with van der Waals surface area (Å²) in [6, 6.07) is 9.06. The molecule has 0 bridgehead atoms. The van der Waals surface area contributed by atoms with E-state index < -0.39 is 0 Å². The quantitative estimate of drug-likeness (QED) is 0.911. The first-order valence-corrected chi connectivity index (χ1v) is 7.39. The Labute approximate surface area is 115 Å². The summed E-state index contributed by atoms with van der Waals surface area (Å²) in [5, 5.41) is 9.59. The first-order chi connectivity index (χ1) is 9.25. The average Bonchev–Trinajstić information content (AvgIpc) is 3.06. The highest BCUT2D eigenvalue weighted by molar-refractivity contribution is 5.81. The van der Waals surface area contributed by atoms with E-state index in [4.69, 9.17) is 0 Å². The lowest BCUT2D eigenvalue weighted by Gasteiger charge is -2.19. The summed E-state index contributed by atoms with van der Waals surface area (Å²) in [7, 11) is 2.02. The van der Waals surface area contributed by atoms with E-state index >= 15 is 0 Å². The maximum atomic E-state index is 4.64. The Kier molecular flexibility index (Phi) is 3.56. The van der Waals surface area contributed by atoms with Gasteiger partial charge in [-0.15, -0.1) is 0 Å². The van der Waals surface area contributed by atoms with Gasteiger partial charge in [0.25, 0.3) is 0 Å². The molecule has 1 saturated carbocycles. The summed E-state index contributed by atoms with van der Waals surface area (Å²) < 4.78 is 1.98. The predicted molar refractivity (Wildman–Crippen MR) is 79.0 cm³/mol. The number of aryl methyl sites for hydroxylation is 1. The molecule has 3 heteroatoms. The van der Waals surface area contributed by atoms with Crippen LogP contribution in [0.15, 0.2) is 24.3 Å². The van der Waals surface area contributed by atoms with Crippen LogP contribution in [-0.4, -0.2) is 15.8 Å². The highest BCUT2D eigenvalue weighted by atomic mass is 15.3. The maximum Gasteiger partial charge on any atom is 0.0841 e. The molecule has 1 fully saturated rings. The molecule has 0 amide bonds. The summed E-state index contributed by atoms with van der Waals surface area (Å²) in [5.41, 5.74) is 2.38. The molecule has 3 rings (SSSR count). The third kappa shape index (κ3) is 2.52.